The molecule has 3 aromatic rings. The molecule has 174 valence electrons. The summed E-state index contributed by atoms with van der Waals surface area (Å²) >= 11 is 0. The van der Waals surface area contributed by atoms with E-state index in [-0.39, 0.29) is 23.1 Å². The van der Waals surface area contributed by atoms with Crippen LogP contribution in [0, 0.1) is 5.82 Å². The Morgan fingerprint density at radius 1 is 1.25 bits per heavy atom. The summed E-state index contributed by atoms with van der Waals surface area (Å²) in [7, 11) is 3.36. The van der Waals surface area contributed by atoms with Crippen molar-refractivity contribution in [3.05, 3.63) is 65.1 Å². The molecule has 10 heteroatoms. The highest BCUT2D eigenvalue weighted by atomic mass is 19.3. The van der Waals surface area contributed by atoms with Crippen molar-refractivity contribution in [2.45, 2.75) is 33.6 Å². The van der Waals surface area contributed by atoms with Crippen LogP contribution in [-0.2, 0) is 7.05 Å². The van der Waals surface area contributed by atoms with Gasteiger partial charge in [0.15, 0.2) is 0 Å². The zero-order valence-corrected chi connectivity index (χ0v) is 18.9. The first kappa shape index (κ1) is 25.0. The van der Waals surface area contributed by atoms with Gasteiger partial charge in [0.1, 0.15) is 22.7 Å². The van der Waals surface area contributed by atoms with Gasteiger partial charge in [-0.2, -0.15) is 10.2 Å². The Morgan fingerprint density at radius 2 is 1.97 bits per heavy atom. The molecule has 32 heavy (non-hydrogen) atoms. The number of nitrogens with one attached hydrogen (secondary N) is 1. The van der Waals surface area contributed by atoms with E-state index in [1.807, 2.05) is 27.8 Å². The predicted molar refractivity (Wildman–Crippen MR) is 117 cm³/mol. The number of aromatic nitrogens is 4. The van der Waals surface area contributed by atoms with E-state index in [4.69, 9.17) is 0 Å². The number of carbonyl (C=O) groups excluding carboxylic acids is 1. The summed E-state index contributed by atoms with van der Waals surface area (Å²) in [6, 6.07) is 5.83. The molecule has 1 aliphatic rings. The van der Waals surface area contributed by atoms with E-state index in [9.17, 15) is 18.0 Å². The lowest BCUT2D eigenvalue weighted by Gasteiger charge is -2.29. The molecule has 0 radical (unpaired) electrons. The molecular weight excluding hydrogens is 421 g/mol. The number of hydrogen-bond donors (Lipinski definition) is 1. The highest BCUT2D eigenvalue weighted by Gasteiger charge is 2.25. The van der Waals surface area contributed by atoms with Crippen molar-refractivity contribution in [3.8, 4) is 0 Å². The van der Waals surface area contributed by atoms with E-state index in [0.29, 0.717) is 18.6 Å². The largest absolute Gasteiger partial charge is 0.391 e. The zero-order valence-electron chi connectivity index (χ0n) is 18.9. The van der Waals surface area contributed by atoms with Crippen molar-refractivity contribution in [1.82, 2.24) is 29.6 Å². The molecule has 0 aromatic carbocycles. The Labute approximate surface area is 185 Å². The first-order valence-corrected chi connectivity index (χ1v) is 10.4. The average Bonchev–Trinajstić information content (AvgIpc) is 3.43. The van der Waals surface area contributed by atoms with Gasteiger partial charge in [0, 0.05) is 45.5 Å². The summed E-state index contributed by atoms with van der Waals surface area (Å²) < 4.78 is 40.7. The number of halogens is 3. The van der Waals surface area contributed by atoms with Crippen molar-refractivity contribution in [1.29, 1.82) is 0 Å². The fraction of sp³-hybridized carbons (Fsp3) is 0.409. The molecule has 3 aromatic heterocycles. The van der Waals surface area contributed by atoms with Crippen LogP contribution in [0.5, 0.6) is 0 Å². The molecule has 1 aliphatic heterocycles. The summed E-state index contributed by atoms with van der Waals surface area (Å²) in [5.41, 5.74) is 2.57. The summed E-state index contributed by atoms with van der Waals surface area (Å²) in [5.74, 6) is -0.499. The Morgan fingerprint density at radius 3 is 2.53 bits per heavy atom. The first-order chi connectivity index (χ1) is 15.3. The molecule has 4 heterocycles. The Balaban J connectivity index is 0.000000251. The molecule has 0 atom stereocenters. The van der Waals surface area contributed by atoms with Gasteiger partial charge in [0.05, 0.1) is 6.20 Å². The standard InChI is InChI=1S/C13H18F2N4O.C7H5FN2.C2H6/c1-8-7-19(5-4-9(8)16-2)13(20)11-6-10(12(14)15)17-18(11)3;8-6-2-1-5-10-7(6)3-4-9-10;1-2/h6,12,16H,4-5,7H2,1-3H3;1-5H;1-2H3. The highest BCUT2D eigenvalue weighted by Crippen LogP contribution is 2.21. The van der Waals surface area contributed by atoms with Crippen molar-refractivity contribution in [2.24, 2.45) is 7.05 Å². The monoisotopic (exact) mass is 450 g/mol. The molecule has 0 spiro atoms. The number of carbonyl (C=O) groups is 1. The SMILES string of the molecule is CC.CNC1=C(C)CN(C(=O)c2cc(C(F)F)nn2C)CC1.Fc1cccn2nccc12. The number of fused-ring (bicyclic) bond motifs is 1. The van der Waals surface area contributed by atoms with E-state index >= 15 is 0 Å². The molecule has 1 amide bonds. The van der Waals surface area contributed by atoms with Gasteiger partial charge in [-0.25, -0.2) is 17.7 Å². The fourth-order valence-electron chi connectivity index (χ4n) is 3.31. The van der Waals surface area contributed by atoms with Crippen molar-refractivity contribution in [2.75, 3.05) is 20.1 Å². The van der Waals surface area contributed by atoms with Crippen LogP contribution in [0.2, 0.25) is 0 Å². The molecule has 1 N–H and O–H groups in total. The maximum Gasteiger partial charge on any atom is 0.282 e. The third-order valence-corrected chi connectivity index (χ3v) is 4.89. The Bertz CT molecular complexity index is 1070. The minimum Gasteiger partial charge on any atom is -0.391 e. The van der Waals surface area contributed by atoms with Crippen LogP contribution in [-0.4, -0.2) is 50.3 Å². The van der Waals surface area contributed by atoms with Gasteiger partial charge >= 0.3 is 0 Å². The number of hydrogen-bond acceptors (Lipinski definition) is 4. The molecule has 0 unspecified atom stereocenters. The van der Waals surface area contributed by atoms with E-state index in [1.165, 1.54) is 28.4 Å². The number of rotatable bonds is 3. The van der Waals surface area contributed by atoms with Gasteiger partial charge < -0.3 is 10.2 Å². The maximum atomic E-state index is 12.8. The number of nitrogens with zero attached hydrogens (tertiary/aromatic N) is 5. The van der Waals surface area contributed by atoms with E-state index in [2.05, 4.69) is 15.5 Å². The molecule has 0 saturated heterocycles. The highest BCUT2D eigenvalue weighted by molar-refractivity contribution is 5.93. The van der Waals surface area contributed by atoms with Crippen LogP contribution in [0.3, 0.4) is 0 Å². The summed E-state index contributed by atoms with van der Waals surface area (Å²) in [6.45, 7) is 7.03. The quantitative estimate of drug-likeness (QED) is 0.650. The second kappa shape index (κ2) is 11.4. The second-order valence-electron chi connectivity index (χ2n) is 6.88. The molecule has 7 nitrogen and oxygen atoms in total. The van der Waals surface area contributed by atoms with E-state index in [0.717, 1.165) is 17.7 Å². The minimum absolute atomic E-state index is 0.195. The summed E-state index contributed by atoms with van der Waals surface area (Å²) in [5, 5.41) is 10.6. The molecule has 0 bridgehead atoms. The summed E-state index contributed by atoms with van der Waals surface area (Å²) in [6.07, 6.45) is 1.35. The van der Waals surface area contributed by atoms with Gasteiger partial charge in [0.25, 0.3) is 12.3 Å². The summed E-state index contributed by atoms with van der Waals surface area (Å²) in [4.78, 5) is 14.0. The van der Waals surface area contributed by atoms with E-state index < -0.39 is 6.43 Å². The second-order valence-corrected chi connectivity index (χ2v) is 6.88. The van der Waals surface area contributed by atoms with Crippen LogP contribution >= 0.6 is 0 Å². The van der Waals surface area contributed by atoms with Crippen molar-refractivity contribution >= 4 is 11.4 Å². The van der Waals surface area contributed by atoms with Gasteiger partial charge in [-0.15, -0.1) is 0 Å². The molecule has 0 fully saturated rings. The number of pyridine rings is 1. The number of alkyl halides is 2. The Kier molecular flexibility index (Phi) is 8.86. The van der Waals surface area contributed by atoms with Crippen molar-refractivity contribution in [3.63, 3.8) is 0 Å². The first-order valence-electron chi connectivity index (χ1n) is 10.4. The average molecular weight is 451 g/mol. The van der Waals surface area contributed by atoms with Crippen molar-refractivity contribution < 1.29 is 18.0 Å². The minimum atomic E-state index is -2.67. The third-order valence-electron chi connectivity index (χ3n) is 4.89. The smallest absolute Gasteiger partial charge is 0.282 e. The number of aryl methyl sites for hydroxylation is 1. The maximum absolute atomic E-state index is 12.8. The van der Waals surface area contributed by atoms with Gasteiger partial charge in [-0.05, 0) is 36.8 Å². The van der Waals surface area contributed by atoms with E-state index in [1.54, 1.807) is 29.4 Å². The zero-order chi connectivity index (χ0) is 23.8. The molecule has 0 aliphatic carbocycles. The molecular formula is C22H29F3N6O. The lowest BCUT2D eigenvalue weighted by molar-refractivity contribution is 0.0751. The normalized spacial score (nSPS) is 13.5. The topological polar surface area (TPSA) is 67.5 Å². The lowest BCUT2D eigenvalue weighted by Crippen LogP contribution is -2.39. The molecule has 4 rings (SSSR count). The van der Waals surface area contributed by atoms with Crippen LogP contribution in [0.25, 0.3) is 5.52 Å². The van der Waals surface area contributed by atoms with Gasteiger partial charge in [0.2, 0.25) is 0 Å². The van der Waals surface area contributed by atoms with Crippen LogP contribution in [0.4, 0.5) is 13.2 Å². The van der Waals surface area contributed by atoms with Gasteiger partial charge in [-0.3, -0.25) is 9.48 Å². The third kappa shape index (κ3) is 5.68. The molecule has 0 saturated carbocycles. The Hall–Kier alpha value is -3.30. The van der Waals surface area contributed by atoms with Crippen LogP contribution in [0.1, 0.15) is 49.8 Å². The van der Waals surface area contributed by atoms with Gasteiger partial charge in [-0.1, -0.05) is 13.8 Å². The number of amides is 1. The lowest BCUT2D eigenvalue weighted by atomic mass is 10.1. The predicted octanol–water partition coefficient (Wildman–Crippen LogP) is 4.20. The van der Waals surface area contributed by atoms with Crippen LogP contribution in [0.15, 0.2) is 47.9 Å². The fourth-order valence-corrected chi connectivity index (χ4v) is 3.31. The van der Waals surface area contributed by atoms with Crippen LogP contribution < -0.4 is 5.32 Å².